The van der Waals surface area contributed by atoms with E-state index >= 15 is 0 Å². The molecular formula is C8H7F4NO. The Morgan fingerprint density at radius 1 is 1.29 bits per heavy atom. The number of rotatable bonds is 2. The van der Waals surface area contributed by atoms with Gasteiger partial charge in [0.1, 0.15) is 11.6 Å². The molecule has 0 aromatic heterocycles. The van der Waals surface area contributed by atoms with Crippen molar-refractivity contribution < 1.29 is 22.3 Å². The van der Waals surface area contributed by atoms with Gasteiger partial charge in [0.15, 0.2) is 6.61 Å². The minimum atomic E-state index is -4.43. The van der Waals surface area contributed by atoms with Gasteiger partial charge in [-0.25, -0.2) is 4.39 Å². The fourth-order valence-corrected chi connectivity index (χ4v) is 0.810. The highest BCUT2D eigenvalue weighted by atomic mass is 19.4. The van der Waals surface area contributed by atoms with E-state index in [0.29, 0.717) is 0 Å². The van der Waals surface area contributed by atoms with Crippen molar-refractivity contribution in [3.8, 4) is 5.75 Å². The lowest BCUT2D eigenvalue weighted by Gasteiger charge is -2.10. The molecule has 0 heterocycles. The van der Waals surface area contributed by atoms with Crippen molar-refractivity contribution >= 4 is 5.69 Å². The Morgan fingerprint density at radius 3 is 2.43 bits per heavy atom. The third-order valence-electron chi connectivity index (χ3n) is 1.36. The molecule has 1 aromatic rings. The van der Waals surface area contributed by atoms with Gasteiger partial charge in [-0.3, -0.25) is 0 Å². The van der Waals surface area contributed by atoms with Gasteiger partial charge in [-0.1, -0.05) is 0 Å². The highest BCUT2D eigenvalue weighted by molar-refractivity contribution is 5.52. The third-order valence-corrected chi connectivity index (χ3v) is 1.36. The number of ether oxygens (including phenoxy) is 1. The van der Waals surface area contributed by atoms with E-state index in [4.69, 9.17) is 5.73 Å². The summed E-state index contributed by atoms with van der Waals surface area (Å²) in [6.45, 7) is -1.44. The molecule has 0 fully saturated rings. The van der Waals surface area contributed by atoms with Crippen molar-refractivity contribution in [3.05, 3.63) is 24.0 Å². The molecule has 14 heavy (non-hydrogen) atoms. The number of nitrogen functional groups attached to an aromatic ring is 1. The molecule has 0 atom stereocenters. The number of benzene rings is 1. The Hall–Kier alpha value is -1.46. The SMILES string of the molecule is Nc1cc(F)ccc1OCC(F)(F)F. The average Bonchev–Trinajstić information content (AvgIpc) is 2.00. The molecular weight excluding hydrogens is 202 g/mol. The molecule has 0 spiro atoms. The van der Waals surface area contributed by atoms with Crippen LogP contribution in [-0.2, 0) is 0 Å². The van der Waals surface area contributed by atoms with Crippen LogP contribution >= 0.6 is 0 Å². The topological polar surface area (TPSA) is 35.2 Å². The number of anilines is 1. The zero-order valence-corrected chi connectivity index (χ0v) is 6.94. The average molecular weight is 209 g/mol. The molecule has 0 amide bonds. The summed E-state index contributed by atoms with van der Waals surface area (Å²) in [5, 5.41) is 0. The smallest absolute Gasteiger partial charge is 0.422 e. The fourth-order valence-electron chi connectivity index (χ4n) is 0.810. The first-order chi connectivity index (χ1) is 6.38. The van der Waals surface area contributed by atoms with Crippen molar-refractivity contribution in [2.75, 3.05) is 12.3 Å². The molecule has 0 aliphatic heterocycles. The first-order valence-electron chi connectivity index (χ1n) is 3.63. The van der Waals surface area contributed by atoms with Gasteiger partial charge in [0.2, 0.25) is 0 Å². The van der Waals surface area contributed by atoms with E-state index in [0.717, 1.165) is 18.2 Å². The molecule has 2 nitrogen and oxygen atoms in total. The second-order valence-corrected chi connectivity index (χ2v) is 2.59. The number of alkyl halides is 3. The van der Waals surface area contributed by atoms with Crippen LogP contribution in [0.2, 0.25) is 0 Å². The minimum absolute atomic E-state index is 0.158. The lowest BCUT2D eigenvalue weighted by Crippen LogP contribution is -2.19. The highest BCUT2D eigenvalue weighted by Crippen LogP contribution is 2.24. The third kappa shape index (κ3) is 3.12. The van der Waals surface area contributed by atoms with E-state index in [9.17, 15) is 17.6 Å². The largest absolute Gasteiger partial charge is 0.482 e. The van der Waals surface area contributed by atoms with Crippen LogP contribution in [-0.4, -0.2) is 12.8 Å². The second-order valence-electron chi connectivity index (χ2n) is 2.59. The van der Waals surface area contributed by atoms with Gasteiger partial charge < -0.3 is 10.5 Å². The van der Waals surface area contributed by atoms with Gasteiger partial charge in [-0.2, -0.15) is 13.2 Å². The van der Waals surface area contributed by atoms with Crippen LogP contribution in [0.5, 0.6) is 5.75 Å². The second kappa shape index (κ2) is 3.73. The van der Waals surface area contributed by atoms with Crippen molar-refractivity contribution in [2.24, 2.45) is 0 Å². The molecule has 1 aromatic carbocycles. The lowest BCUT2D eigenvalue weighted by molar-refractivity contribution is -0.153. The van der Waals surface area contributed by atoms with Crippen molar-refractivity contribution in [3.63, 3.8) is 0 Å². The van der Waals surface area contributed by atoms with Gasteiger partial charge in [0.05, 0.1) is 5.69 Å². The predicted octanol–water partition coefficient (Wildman–Crippen LogP) is 2.35. The van der Waals surface area contributed by atoms with Gasteiger partial charge in [0, 0.05) is 6.07 Å². The molecule has 0 bridgehead atoms. The summed E-state index contributed by atoms with van der Waals surface area (Å²) in [6, 6.07) is 2.92. The van der Waals surface area contributed by atoms with Crippen LogP contribution in [0.1, 0.15) is 0 Å². The predicted molar refractivity (Wildman–Crippen MR) is 42.4 cm³/mol. The molecule has 0 aliphatic rings. The Morgan fingerprint density at radius 2 is 1.93 bits per heavy atom. The van der Waals surface area contributed by atoms with E-state index in [-0.39, 0.29) is 11.4 Å². The van der Waals surface area contributed by atoms with Crippen molar-refractivity contribution in [2.45, 2.75) is 6.18 Å². The molecule has 0 saturated heterocycles. The zero-order chi connectivity index (χ0) is 10.8. The summed E-state index contributed by atoms with van der Waals surface area (Å²) in [5.74, 6) is -0.800. The summed E-state index contributed by atoms with van der Waals surface area (Å²) < 4.78 is 51.9. The van der Waals surface area contributed by atoms with Gasteiger partial charge in [-0.05, 0) is 12.1 Å². The van der Waals surface area contributed by atoms with Crippen molar-refractivity contribution in [1.29, 1.82) is 0 Å². The first kappa shape index (κ1) is 10.6. The molecule has 6 heteroatoms. The van der Waals surface area contributed by atoms with E-state index < -0.39 is 18.6 Å². The van der Waals surface area contributed by atoms with Crippen LogP contribution in [0.4, 0.5) is 23.2 Å². The zero-order valence-electron chi connectivity index (χ0n) is 6.94. The molecule has 0 radical (unpaired) electrons. The van der Waals surface area contributed by atoms with Gasteiger partial charge in [-0.15, -0.1) is 0 Å². The number of hydrogen-bond donors (Lipinski definition) is 1. The van der Waals surface area contributed by atoms with Crippen LogP contribution < -0.4 is 10.5 Å². The Kier molecular flexibility index (Phi) is 2.83. The summed E-state index contributed by atoms with van der Waals surface area (Å²) in [4.78, 5) is 0. The van der Waals surface area contributed by atoms with Gasteiger partial charge in [0.25, 0.3) is 0 Å². The number of nitrogens with two attached hydrogens (primary N) is 1. The van der Waals surface area contributed by atoms with E-state index in [1.807, 2.05) is 0 Å². The van der Waals surface area contributed by atoms with Gasteiger partial charge >= 0.3 is 6.18 Å². The monoisotopic (exact) mass is 209 g/mol. The maximum atomic E-state index is 12.5. The van der Waals surface area contributed by atoms with E-state index in [1.54, 1.807) is 0 Å². The Bertz CT molecular complexity index is 324. The van der Waals surface area contributed by atoms with Crippen molar-refractivity contribution in [1.82, 2.24) is 0 Å². The molecule has 2 N–H and O–H groups in total. The van der Waals surface area contributed by atoms with Crippen LogP contribution in [0.3, 0.4) is 0 Å². The normalized spacial score (nSPS) is 11.4. The summed E-state index contributed by atoms with van der Waals surface area (Å²) in [6.07, 6.45) is -4.43. The van der Waals surface area contributed by atoms with Crippen LogP contribution in [0, 0.1) is 5.82 Å². The number of hydrogen-bond acceptors (Lipinski definition) is 2. The van der Waals surface area contributed by atoms with Crippen LogP contribution in [0.25, 0.3) is 0 Å². The van der Waals surface area contributed by atoms with E-state index in [2.05, 4.69) is 4.74 Å². The fraction of sp³-hybridized carbons (Fsp3) is 0.250. The van der Waals surface area contributed by atoms with E-state index in [1.165, 1.54) is 0 Å². The molecule has 1 rings (SSSR count). The van der Waals surface area contributed by atoms with Crippen LogP contribution in [0.15, 0.2) is 18.2 Å². The molecule has 0 aliphatic carbocycles. The molecule has 0 saturated carbocycles. The molecule has 0 unspecified atom stereocenters. The maximum absolute atomic E-state index is 12.5. The Labute approximate surface area is 77.3 Å². The minimum Gasteiger partial charge on any atom is -0.482 e. The Balaban J connectivity index is 2.68. The first-order valence-corrected chi connectivity index (χ1v) is 3.63. The maximum Gasteiger partial charge on any atom is 0.422 e. The molecule has 78 valence electrons. The summed E-state index contributed by atoms with van der Waals surface area (Å²) in [5.41, 5.74) is 5.06. The quantitative estimate of drug-likeness (QED) is 0.599. The standard InChI is InChI=1S/C8H7F4NO/c9-5-1-2-7(6(13)3-5)14-4-8(10,11)12/h1-3H,4,13H2. The lowest BCUT2D eigenvalue weighted by atomic mass is 10.3. The highest BCUT2D eigenvalue weighted by Gasteiger charge is 2.28. The number of halogens is 4. The summed E-state index contributed by atoms with van der Waals surface area (Å²) >= 11 is 0. The summed E-state index contributed by atoms with van der Waals surface area (Å²) in [7, 11) is 0.